The van der Waals surface area contributed by atoms with Crippen LogP contribution in [0.2, 0.25) is 0 Å². The van der Waals surface area contributed by atoms with E-state index in [2.05, 4.69) is 26.0 Å². The Bertz CT molecular complexity index is 97.0. The molecule has 0 rings (SSSR count). The summed E-state index contributed by atoms with van der Waals surface area (Å²) in [7, 11) is 0. The summed E-state index contributed by atoms with van der Waals surface area (Å²) in [5, 5.41) is 0. The van der Waals surface area contributed by atoms with E-state index in [-0.39, 0.29) is 0 Å². The van der Waals surface area contributed by atoms with E-state index in [0.29, 0.717) is 5.92 Å². The van der Waals surface area contributed by atoms with Crippen molar-refractivity contribution in [2.75, 3.05) is 6.54 Å². The molecule has 0 radical (unpaired) electrons. The average molecular weight is 155 g/mol. The lowest BCUT2D eigenvalue weighted by Crippen LogP contribution is -2.11. The zero-order chi connectivity index (χ0) is 8.53. The minimum Gasteiger partial charge on any atom is -0.330 e. The summed E-state index contributed by atoms with van der Waals surface area (Å²) in [5.74, 6) is 0.617. The minimum absolute atomic E-state index is 0.617. The first-order valence-corrected chi connectivity index (χ1v) is 4.68. The van der Waals surface area contributed by atoms with Crippen LogP contribution in [-0.2, 0) is 0 Å². The second-order valence-corrected chi connectivity index (χ2v) is 3.02. The van der Waals surface area contributed by atoms with Crippen molar-refractivity contribution in [3.05, 3.63) is 12.2 Å². The summed E-state index contributed by atoms with van der Waals surface area (Å²) < 4.78 is 0. The molecule has 0 aliphatic rings. The first kappa shape index (κ1) is 10.7. The normalized spacial score (nSPS) is 14.1. The van der Waals surface area contributed by atoms with Gasteiger partial charge in [0.25, 0.3) is 0 Å². The molecule has 66 valence electrons. The average Bonchev–Trinajstić information content (AvgIpc) is 2.03. The van der Waals surface area contributed by atoms with Gasteiger partial charge in [-0.05, 0) is 25.8 Å². The fourth-order valence-corrected chi connectivity index (χ4v) is 1.22. The standard InChI is InChI=1S/C10H21N/c1-3-5-6-8-10(9-11)7-4-2/h4,7,10H,3,5-6,8-9,11H2,1-2H3/b7-4+. The van der Waals surface area contributed by atoms with Gasteiger partial charge in [0.2, 0.25) is 0 Å². The Kier molecular flexibility index (Phi) is 7.59. The minimum atomic E-state index is 0.617. The van der Waals surface area contributed by atoms with Gasteiger partial charge < -0.3 is 5.73 Å². The largest absolute Gasteiger partial charge is 0.330 e. The number of nitrogens with two attached hydrogens (primary N) is 1. The van der Waals surface area contributed by atoms with Crippen LogP contribution in [0.5, 0.6) is 0 Å². The van der Waals surface area contributed by atoms with Crippen molar-refractivity contribution in [3.8, 4) is 0 Å². The summed E-state index contributed by atoms with van der Waals surface area (Å²) >= 11 is 0. The Balaban J connectivity index is 3.36. The van der Waals surface area contributed by atoms with Crippen molar-refractivity contribution in [2.24, 2.45) is 11.7 Å². The molecule has 1 atom stereocenters. The van der Waals surface area contributed by atoms with Gasteiger partial charge in [0.1, 0.15) is 0 Å². The van der Waals surface area contributed by atoms with Gasteiger partial charge in [0.15, 0.2) is 0 Å². The van der Waals surface area contributed by atoms with Crippen LogP contribution in [0.1, 0.15) is 39.5 Å². The Morgan fingerprint density at radius 2 is 2.09 bits per heavy atom. The maximum Gasteiger partial charge on any atom is -0.00142 e. The molecule has 0 aliphatic heterocycles. The lowest BCUT2D eigenvalue weighted by atomic mass is 10.0. The van der Waals surface area contributed by atoms with Crippen molar-refractivity contribution in [3.63, 3.8) is 0 Å². The number of unbranched alkanes of at least 4 members (excludes halogenated alkanes) is 2. The molecule has 1 heteroatoms. The third kappa shape index (κ3) is 6.11. The molecule has 0 fully saturated rings. The Morgan fingerprint density at radius 3 is 2.55 bits per heavy atom. The number of hydrogen-bond donors (Lipinski definition) is 1. The molecule has 2 N–H and O–H groups in total. The zero-order valence-corrected chi connectivity index (χ0v) is 7.84. The summed E-state index contributed by atoms with van der Waals surface area (Å²) in [6, 6.07) is 0. The van der Waals surface area contributed by atoms with E-state index >= 15 is 0 Å². The van der Waals surface area contributed by atoms with Crippen LogP contribution < -0.4 is 5.73 Å². The monoisotopic (exact) mass is 155 g/mol. The van der Waals surface area contributed by atoms with E-state index < -0.39 is 0 Å². The predicted octanol–water partition coefficient (Wildman–Crippen LogP) is 2.72. The topological polar surface area (TPSA) is 26.0 Å². The van der Waals surface area contributed by atoms with E-state index in [9.17, 15) is 0 Å². The van der Waals surface area contributed by atoms with Crippen LogP contribution in [0.3, 0.4) is 0 Å². The lowest BCUT2D eigenvalue weighted by Gasteiger charge is -2.08. The Hall–Kier alpha value is -0.300. The van der Waals surface area contributed by atoms with Crippen LogP contribution >= 0.6 is 0 Å². The molecular formula is C10H21N. The molecule has 11 heavy (non-hydrogen) atoms. The molecule has 1 nitrogen and oxygen atoms in total. The molecule has 0 aromatic carbocycles. The molecular weight excluding hydrogens is 134 g/mol. The summed E-state index contributed by atoms with van der Waals surface area (Å²) in [4.78, 5) is 0. The van der Waals surface area contributed by atoms with Gasteiger partial charge in [-0.25, -0.2) is 0 Å². The van der Waals surface area contributed by atoms with Crippen molar-refractivity contribution in [2.45, 2.75) is 39.5 Å². The van der Waals surface area contributed by atoms with Gasteiger partial charge in [-0.1, -0.05) is 38.3 Å². The van der Waals surface area contributed by atoms with Crippen LogP contribution in [0.25, 0.3) is 0 Å². The smallest absolute Gasteiger partial charge is 0.00142 e. The Morgan fingerprint density at radius 1 is 1.36 bits per heavy atom. The fraction of sp³-hybridized carbons (Fsp3) is 0.800. The molecule has 0 saturated carbocycles. The molecule has 0 spiro atoms. The van der Waals surface area contributed by atoms with E-state index in [1.807, 2.05) is 0 Å². The number of allylic oxidation sites excluding steroid dienone is 1. The van der Waals surface area contributed by atoms with Gasteiger partial charge in [0.05, 0.1) is 0 Å². The molecule has 0 amide bonds. The molecule has 1 unspecified atom stereocenters. The van der Waals surface area contributed by atoms with Crippen molar-refractivity contribution >= 4 is 0 Å². The molecule has 0 aliphatic carbocycles. The third-order valence-corrected chi connectivity index (χ3v) is 1.95. The van der Waals surface area contributed by atoms with Crippen molar-refractivity contribution in [1.29, 1.82) is 0 Å². The SMILES string of the molecule is C/C=C/C(CN)CCCCC. The first-order valence-electron chi connectivity index (χ1n) is 4.68. The zero-order valence-electron chi connectivity index (χ0n) is 7.84. The highest BCUT2D eigenvalue weighted by atomic mass is 14.5. The van der Waals surface area contributed by atoms with E-state index in [0.717, 1.165) is 6.54 Å². The first-order chi connectivity index (χ1) is 5.35. The molecule has 0 aromatic rings. The van der Waals surface area contributed by atoms with Gasteiger partial charge in [-0.3, -0.25) is 0 Å². The fourth-order valence-electron chi connectivity index (χ4n) is 1.22. The van der Waals surface area contributed by atoms with E-state index in [1.54, 1.807) is 0 Å². The van der Waals surface area contributed by atoms with Crippen molar-refractivity contribution < 1.29 is 0 Å². The van der Waals surface area contributed by atoms with Gasteiger partial charge in [-0.15, -0.1) is 0 Å². The van der Waals surface area contributed by atoms with Crippen LogP contribution in [-0.4, -0.2) is 6.54 Å². The third-order valence-electron chi connectivity index (χ3n) is 1.95. The van der Waals surface area contributed by atoms with E-state index in [4.69, 9.17) is 5.73 Å². The van der Waals surface area contributed by atoms with E-state index in [1.165, 1.54) is 25.7 Å². The molecule has 0 aromatic heterocycles. The van der Waals surface area contributed by atoms with Crippen LogP contribution in [0.4, 0.5) is 0 Å². The van der Waals surface area contributed by atoms with Crippen molar-refractivity contribution in [1.82, 2.24) is 0 Å². The molecule has 0 saturated heterocycles. The highest BCUT2D eigenvalue weighted by molar-refractivity contribution is 4.85. The number of hydrogen-bond acceptors (Lipinski definition) is 1. The second kappa shape index (κ2) is 7.80. The maximum absolute atomic E-state index is 5.59. The summed E-state index contributed by atoms with van der Waals surface area (Å²) in [5.41, 5.74) is 5.59. The van der Waals surface area contributed by atoms with Crippen LogP contribution in [0, 0.1) is 5.92 Å². The predicted molar refractivity (Wildman–Crippen MR) is 51.5 cm³/mol. The summed E-state index contributed by atoms with van der Waals surface area (Å²) in [6.45, 7) is 5.09. The highest BCUT2D eigenvalue weighted by Crippen LogP contribution is 2.09. The lowest BCUT2D eigenvalue weighted by molar-refractivity contribution is 0.547. The van der Waals surface area contributed by atoms with Gasteiger partial charge in [0, 0.05) is 0 Å². The molecule has 0 bridgehead atoms. The maximum atomic E-state index is 5.59. The summed E-state index contributed by atoms with van der Waals surface area (Å²) in [6.07, 6.45) is 9.54. The highest BCUT2D eigenvalue weighted by Gasteiger charge is 1.99. The molecule has 0 heterocycles. The number of rotatable bonds is 6. The second-order valence-electron chi connectivity index (χ2n) is 3.02. The van der Waals surface area contributed by atoms with Crippen LogP contribution in [0.15, 0.2) is 12.2 Å². The van der Waals surface area contributed by atoms with Gasteiger partial charge >= 0.3 is 0 Å². The van der Waals surface area contributed by atoms with Gasteiger partial charge in [-0.2, -0.15) is 0 Å². The quantitative estimate of drug-likeness (QED) is 0.463. The Labute approximate surface area is 70.7 Å².